The summed E-state index contributed by atoms with van der Waals surface area (Å²) in [5, 5.41) is 11.7. The summed E-state index contributed by atoms with van der Waals surface area (Å²) in [7, 11) is 2.64. The molecule has 0 bridgehead atoms. The van der Waals surface area contributed by atoms with E-state index in [2.05, 4.69) is 5.32 Å². The van der Waals surface area contributed by atoms with E-state index in [1.54, 1.807) is 36.4 Å². The van der Waals surface area contributed by atoms with Crippen molar-refractivity contribution in [1.29, 1.82) is 0 Å². The smallest absolute Gasteiger partial charge is 0.405 e. The molecular formula is C23H24N4O7. The lowest BCUT2D eigenvalue weighted by atomic mass is 9.89. The summed E-state index contributed by atoms with van der Waals surface area (Å²) in [4.78, 5) is 51.1. The average molecular weight is 468 g/mol. The minimum atomic E-state index is -2.01. The molecule has 1 saturated heterocycles. The summed E-state index contributed by atoms with van der Waals surface area (Å²) in [6.45, 7) is 1.25. The number of likely N-dealkylation sites (N-methyl/N-ethyl adjacent to an activating group) is 1. The average Bonchev–Trinajstić information content (AvgIpc) is 2.80. The number of nitrogens with two attached hydrogens (primary N) is 1. The molecular weight excluding hydrogens is 444 g/mol. The number of hydrogen-bond acceptors (Lipinski definition) is 7. The molecule has 11 nitrogen and oxygen atoms in total. The van der Waals surface area contributed by atoms with Crippen LogP contribution in [0.1, 0.15) is 12.5 Å². The minimum absolute atomic E-state index is 0.191. The van der Waals surface area contributed by atoms with E-state index in [1.807, 2.05) is 0 Å². The first-order valence-electron chi connectivity index (χ1n) is 10.1. The zero-order valence-electron chi connectivity index (χ0n) is 18.7. The second-order valence-corrected chi connectivity index (χ2v) is 7.43. The summed E-state index contributed by atoms with van der Waals surface area (Å²) in [6, 6.07) is 12.3. The fourth-order valence-corrected chi connectivity index (χ4v) is 3.61. The first kappa shape index (κ1) is 24.3. The monoisotopic (exact) mass is 468 g/mol. The largest absolute Gasteiger partial charge is 0.493 e. The number of carbonyl (C=O) groups excluding carboxylic acids is 3. The van der Waals surface area contributed by atoms with Crippen molar-refractivity contribution in [2.24, 2.45) is 5.73 Å². The molecule has 0 aromatic heterocycles. The molecule has 34 heavy (non-hydrogen) atoms. The highest BCUT2D eigenvalue weighted by molar-refractivity contribution is 6.12. The number of imide groups is 1. The molecule has 11 heteroatoms. The lowest BCUT2D eigenvalue weighted by Crippen LogP contribution is -2.78. The van der Waals surface area contributed by atoms with Gasteiger partial charge in [0.15, 0.2) is 17.0 Å². The van der Waals surface area contributed by atoms with Crippen molar-refractivity contribution < 1.29 is 33.8 Å². The summed E-state index contributed by atoms with van der Waals surface area (Å²) >= 11 is 0. The van der Waals surface area contributed by atoms with Gasteiger partial charge in [0.05, 0.1) is 7.11 Å². The third-order valence-corrected chi connectivity index (χ3v) is 5.22. The normalized spacial score (nSPS) is 20.4. The van der Waals surface area contributed by atoms with E-state index in [0.717, 1.165) is 9.80 Å². The number of carbonyl (C=O) groups is 4. The van der Waals surface area contributed by atoms with E-state index in [-0.39, 0.29) is 11.5 Å². The number of nitrogens with one attached hydrogen (secondary N) is 1. The van der Waals surface area contributed by atoms with Crippen LogP contribution < -0.4 is 25.4 Å². The molecule has 0 radical (unpaired) electrons. The number of urea groups is 1. The molecule has 2 unspecified atom stereocenters. The van der Waals surface area contributed by atoms with Gasteiger partial charge in [0.2, 0.25) is 0 Å². The minimum Gasteiger partial charge on any atom is -0.493 e. The standard InChI is InChI=1S/C23H24N4O7/c1-14(28)34-17-10-9-15(13-18(17)33-3)11-12-23(25-21(30)31)19(24)27(16-7-5-4-6-8-16)22(32)26(2)20(23)29/h4-13,19,25H,24H2,1-3H3,(H,30,31). The molecule has 1 aliphatic rings. The molecule has 1 aliphatic heterocycles. The zero-order valence-corrected chi connectivity index (χ0v) is 18.7. The highest BCUT2D eigenvalue weighted by Gasteiger charge is 2.55. The van der Waals surface area contributed by atoms with Gasteiger partial charge in [0.1, 0.15) is 6.17 Å². The van der Waals surface area contributed by atoms with Crippen LogP contribution in [0.3, 0.4) is 0 Å². The van der Waals surface area contributed by atoms with Crippen molar-refractivity contribution in [3.63, 3.8) is 0 Å². The SMILES string of the molecule is COc1cc(C=CC2(NC(=O)O)C(=O)N(C)C(=O)N(c3ccccc3)C2N)ccc1OC(C)=O. The lowest BCUT2D eigenvalue weighted by Gasteiger charge is -2.47. The van der Waals surface area contributed by atoms with Crippen LogP contribution in [0.15, 0.2) is 54.6 Å². The van der Waals surface area contributed by atoms with Crippen LogP contribution in [-0.2, 0) is 9.59 Å². The van der Waals surface area contributed by atoms with Crippen LogP contribution in [0.25, 0.3) is 6.08 Å². The fraction of sp³-hybridized carbons (Fsp3) is 0.217. The van der Waals surface area contributed by atoms with Crippen molar-refractivity contribution in [2.75, 3.05) is 19.1 Å². The number of nitrogens with zero attached hydrogens (tertiary/aromatic N) is 2. The van der Waals surface area contributed by atoms with Gasteiger partial charge in [-0.2, -0.15) is 0 Å². The number of amides is 4. The van der Waals surface area contributed by atoms with Crippen molar-refractivity contribution in [2.45, 2.75) is 18.6 Å². The second kappa shape index (κ2) is 9.63. The van der Waals surface area contributed by atoms with E-state index >= 15 is 0 Å². The Kier molecular flexibility index (Phi) is 6.87. The predicted molar refractivity (Wildman–Crippen MR) is 122 cm³/mol. The van der Waals surface area contributed by atoms with Crippen molar-refractivity contribution in [3.8, 4) is 11.5 Å². The molecule has 2 aromatic carbocycles. The number of para-hydroxylation sites is 1. The Morgan fingerprint density at radius 3 is 2.41 bits per heavy atom. The van der Waals surface area contributed by atoms with Gasteiger partial charge in [-0.05, 0) is 35.9 Å². The highest BCUT2D eigenvalue weighted by atomic mass is 16.6. The Bertz CT molecular complexity index is 1150. The Morgan fingerprint density at radius 2 is 1.82 bits per heavy atom. The maximum absolute atomic E-state index is 13.2. The number of methoxy groups -OCH3 is 1. The summed E-state index contributed by atoms with van der Waals surface area (Å²) in [5.74, 6) is -0.940. The number of carboxylic acid groups (broad SMARTS) is 1. The van der Waals surface area contributed by atoms with E-state index in [1.165, 1.54) is 45.4 Å². The predicted octanol–water partition coefficient (Wildman–Crippen LogP) is 2.02. The van der Waals surface area contributed by atoms with E-state index in [9.17, 15) is 24.3 Å². The van der Waals surface area contributed by atoms with E-state index in [4.69, 9.17) is 15.2 Å². The van der Waals surface area contributed by atoms with Gasteiger partial charge >= 0.3 is 18.1 Å². The third kappa shape index (κ3) is 4.55. The summed E-state index contributed by atoms with van der Waals surface area (Å²) in [6.07, 6.45) is -0.166. The topological polar surface area (TPSA) is 151 Å². The van der Waals surface area contributed by atoms with Crippen molar-refractivity contribution >= 4 is 35.8 Å². The Balaban J connectivity index is 2.09. The fourth-order valence-electron chi connectivity index (χ4n) is 3.61. The number of ether oxygens (including phenoxy) is 2. The number of rotatable bonds is 6. The Hall–Kier alpha value is -4.38. The number of anilines is 1. The lowest BCUT2D eigenvalue weighted by molar-refractivity contribution is -0.134. The Labute approximate surface area is 195 Å². The van der Waals surface area contributed by atoms with Gasteiger partial charge in [0, 0.05) is 19.7 Å². The van der Waals surface area contributed by atoms with E-state index in [0.29, 0.717) is 11.3 Å². The van der Waals surface area contributed by atoms with Crippen LogP contribution in [0.5, 0.6) is 11.5 Å². The van der Waals surface area contributed by atoms with Gasteiger partial charge in [0.25, 0.3) is 5.91 Å². The van der Waals surface area contributed by atoms with Crippen molar-refractivity contribution in [3.05, 3.63) is 60.2 Å². The summed E-state index contributed by atoms with van der Waals surface area (Å²) in [5.41, 5.74) is 5.25. The molecule has 3 rings (SSSR count). The van der Waals surface area contributed by atoms with Crippen LogP contribution in [0.2, 0.25) is 0 Å². The molecule has 1 heterocycles. The molecule has 2 aromatic rings. The van der Waals surface area contributed by atoms with Crippen LogP contribution in [-0.4, -0.2) is 59.9 Å². The molecule has 2 atom stereocenters. The number of benzene rings is 2. The quantitative estimate of drug-likeness (QED) is 0.430. The molecule has 1 fully saturated rings. The second-order valence-electron chi connectivity index (χ2n) is 7.43. The molecule has 178 valence electrons. The molecule has 0 aliphatic carbocycles. The van der Waals surface area contributed by atoms with Crippen LogP contribution in [0, 0.1) is 0 Å². The van der Waals surface area contributed by atoms with Gasteiger partial charge in [-0.25, -0.2) is 9.59 Å². The van der Waals surface area contributed by atoms with Crippen LogP contribution >= 0.6 is 0 Å². The van der Waals surface area contributed by atoms with Crippen LogP contribution in [0.4, 0.5) is 15.3 Å². The zero-order chi connectivity index (χ0) is 25.0. The molecule has 4 amide bonds. The van der Waals surface area contributed by atoms with Gasteiger partial charge in [-0.3, -0.25) is 19.4 Å². The molecule has 0 saturated carbocycles. The molecule has 4 N–H and O–H groups in total. The molecule has 0 spiro atoms. The van der Waals surface area contributed by atoms with Gasteiger partial charge in [-0.15, -0.1) is 0 Å². The highest BCUT2D eigenvalue weighted by Crippen LogP contribution is 2.32. The summed E-state index contributed by atoms with van der Waals surface area (Å²) < 4.78 is 10.3. The van der Waals surface area contributed by atoms with E-state index < -0.39 is 35.7 Å². The number of hydrogen-bond donors (Lipinski definition) is 3. The Morgan fingerprint density at radius 1 is 1.15 bits per heavy atom. The maximum Gasteiger partial charge on any atom is 0.405 e. The number of esters is 1. The maximum atomic E-state index is 13.2. The van der Waals surface area contributed by atoms with Crippen molar-refractivity contribution in [1.82, 2.24) is 10.2 Å². The third-order valence-electron chi connectivity index (χ3n) is 5.22. The first-order chi connectivity index (χ1) is 16.1. The first-order valence-corrected chi connectivity index (χ1v) is 10.1. The van der Waals surface area contributed by atoms with Gasteiger partial charge in [-0.1, -0.05) is 30.3 Å². The van der Waals surface area contributed by atoms with Gasteiger partial charge < -0.3 is 25.6 Å².